The van der Waals surface area contributed by atoms with Crippen LogP contribution in [0, 0.1) is 17.1 Å². The Kier molecular flexibility index (Phi) is 6.32. The fourth-order valence-corrected chi connectivity index (χ4v) is 2.43. The summed E-state index contributed by atoms with van der Waals surface area (Å²) in [5, 5.41) is 15.2. The zero-order valence-electron chi connectivity index (χ0n) is 13.9. The Bertz CT molecular complexity index is 762. The zero-order valence-corrected chi connectivity index (χ0v) is 13.9. The van der Waals surface area contributed by atoms with Crippen LogP contribution in [0.4, 0.5) is 4.39 Å². The van der Waals surface area contributed by atoms with Crippen molar-refractivity contribution in [2.75, 3.05) is 7.05 Å². The van der Waals surface area contributed by atoms with Crippen LogP contribution in [-0.4, -0.2) is 13.0 Å². The van der Waals surface area contributed by atoms with Gasteiger partial charge in [-0.1, -0.05) is 31.2 Å². The van der Waals surface area contributed by atoms with Gasteiger partial charge in [-0.3, -0.25) is 4.99 Å². The molecule has 0 saturated heterocycles. The van der Waals surface area contributed by atoms with E-state index in [1.54, 1.807) is 13.1 Å². The molecule has 24 heavy (non-hydrogen) atoms. The van der Waals surface area contributed by atoms with Gasteiger partial charge in [-0.15, -0.1) is 0 Å². The summed E-state index contributed by atoms with van der Waals surface area (Å²) in [6.45, 7) is 3.03. The molecule has 0 fully saturated rings. The molecule has 4 nitrogen and oxygen atoms in total. The summed E-state index contributed by atoms with van der Waals surface area (Å²) >= 11 is 0. The molecule has 2 aromatic carbocycles. The van der Waals surface area contributed by atoms with E-state index in [1.165, 1.54) is 23.3 Å². The first-order valence-corrected chi connectivity index (χ1v) is 7.87. The van der Waals surface area contributed by atoms with E-state index in [0.717, 1.165) is 6.42 Å². The Morgan fingerprint density at radius 3 is 2.38 bits per heavy atom. The van der Waals surface area contributed by atoms with Gasteiger partial charge in [0.25, 0.3) is 0 Å². The summed E-state index contributed by atoms with van der Waals surface area (Å²) in [7, 11) is 1.67. The fourth-order valence-electron chi connectivity index (χ4n) is 2.43. The molecule has 0 aliphatic rings. The minimum atomic E-state index is -0.340. The predicted molar refractivity (Wildman–Crippen MR) is 94.0 cm³/mol. The van der Waals surface area contributed by atoms with E-state index in [0.29, 0.717) is 23.6 Å². The quantitative estimate of drug-likeness (QED) is 0.656. The molecule has 2 N–H and O–H groups in total. The number of aryl methyl sites for hydroxylation is 1. The van der Waals surface area contributed by atoms with E-state index in [-0.39, 0.29) is 12.4 Å². The third-order valence-electron chi connectivity index (χ3n) is 3.79. The number of nitrogens with zero attached hydrogens (tertiary/aromatic N) is 2. The Morgan fingerprint density at radius 1 is 1.08 bits per heavy atom. The van der Waals surface area contributed by atoms with Gasteiger partial charge >= 0.3 is 0 Å². The average Bonchev–Trinajstić information content (AvgIpc) is 2.63. The Labute approximate surface area is 142 Å². The highest BCUT2D eigenvalue weighted by molar-refractivity contribution is 5.79. The SMILES string of the molecule is CCc1ccccc1CNC(=NC)NCc1cc(C#N)ccc1F. The number of nitrogens with one attached hydrogen (secondary N) is 2. The molecule has 2 rings (SSSR count). The minimum absolute atomic E-state index is 0.260. The van der Waals surface area contributed by atoms with Crippen molar-refractivity contribution in [3.05, 3.63) is 70.5 Å². The van der Waals surface area contributed by atoms with Gasteiger partial charge in [0.05, 0.1) is 11.6 Å². The van der Waals surface area contributed by atoms with Crippen LogP contribution < -0.4 is 10.6 Å². The van der Waals surface area contributed by atoms with Crippen molar-refractivity contribution < 1.29 is 4.39 Å². The lowest BCUT2D eigenvalue weighted by Gasteiger charge is -2.14. The Morgan fingerprint density at radius 2 is 1.75 bits per heavy atom. The zero-order chi connectivity index (χ0) is 17.4. The summed E-state index contributed by atoms with van der Waals surface area (Å²) in [5.41, 5.74) is 3.37. The highest BCUT2D eigenvalue weighted by atomic mass is 19.1. The second-order valence-corrected chi connectivity index (χ2v) is 5.32. The summed E-state index contributed by atoms with van der Waals surface area (Å²) < 4.78 is 13.8. The molecule has 2 aromatic rings. The lowest BCUT2D eigenvalue weighted by atomic mass is 10.1. The van der Waals surface area contributed by atoms with Crippen LogP contribution in [0.3, 0.4) is 0 Å². The first kappa shape index (κ1) is 17.5. The lowest BCUT2D eigenvalue weighted by Crippen LogP contribution is -2.36. The average molecular weight is 324 g/mol. The fraction of sp³-hybridized carbons (Fsp3) is 0.263. The van der Waals surface area contributed by atoms with E-state index < -0.39 is 0 Å². The highest BCUT2D eigenvalue weighted by Gasteiger charge is 2.06. The van der Waals surface area contributed by atoms with Crippen LogP contribution in [-0.2, 0) is 19.5 Å². The van der Waals surface area contributed by atoms with Gasteiger partial charge in [-0.05, 0) is 35.7 Å². The number of aliphatic imine (C=N–C) groups is 1. The van der Waals surface area contributed by atoms with Crippen LogP contribution in [0.2, 0.25) is 0 Å². The van der Waals surface area contributed by atoms with Crippen molar-refractivity contribution in [3.63, 3.8) is 0 Å². The van der Waals surface area contributed by atoms with Crippen LogP contribution >= 0.6 is 0 Å². The third-order valence-corrected chi connectivity index (χ3v) is 3.79. The van der Waals surface area contributed by atoms with Gasteiger partial charge in [0.2, 0.25) is 0 Å². The monoisotopic (exact) mass is 324 g/mol. The first-order valence-electron chi connectivity index (χ1n) is 7.87. The van der Waals surface area contributed by atoms with Gasteiger partial charge in [0.1, 0.15) is 5.82 Å². The summed E-state index contributed by atoms with van der Waals surface area (Å²) in [4.78, 5) is 4.15. The van der Waals surface area contributed by atoms with Crippen molar-refractivity contribution in [1.82, 2.24) is 10.6 Å². The second kappa shape index (κ2) is 8.68. The van der Waals surface area contributed by atoms with Gasteiger partial charge < -0.3 is 10.6 Å². The number of hydrogen-bond donors (Lipinski definition) is 2. The molecule has 0 unspecified atom stereocenters. The maximum absolute atomic E-state index is 13.8. The van der Waals surface area contributed by atoms with Gasteiger partial charge in [-0.2, -0.15) is 5.26 Å². The number of nitriles is 1. The lowest BCUT2D eigenvalue weighted by molar-refractivity contribution is 0.604. The molecule has 5 heteroatoms. The predicted octanol–water partition coefficient (Wildman–Crippen LogP) is 3.12. The molecule has 0 amide bonds. The minimum Gasteiger partial charge on any atom is -0.352 e. The molecule has 0 saturated carbocycles. The molecular weight excluding hydrogens is 303 g/mol. The number of benzene rings is 2. The molecule has 124 valence electrons. The largest absolute Gasteiger partial charge is 0.352 e. The molecular formula is C19H21FN4. The molecule has 0 aromatic heterocycles. The normalized spacial score (nSPS) is 11.0. The first-order chi connectivity index (χ1) is 11.7. The summed E-state index contributed by atoms with van der Waals surface area (Å²) in [6.07, 6.45) is 0.968. The van der Waals surface area contributed by atoms with E-state index >= 15 is 0 Å². The van der Waals surface area contributed by atoms with Crippen LogP contribution in [0.1, 0.15) is 29.2 Å². The molecule has 0 radical (unpaired) electrons. The molecule has 0 aliphatic heterocycles. The summed E-state index contributed by atoms with van der Waals surface area (Å²) in [5.74, 6) is 0.246. The Hall–Kier alpha value is -2.87. The number of halogens is 1. The third kappa shape index (κ3) is 4.56. The molecule has 0 atom stereocenters. The van der Waals surface area contributed by atoms with Crippen LogP contribution in [0.25, 0.3) is 0 Å². The number of guanidine groups is 1. The van der Waals surface area contributed by atoms with E-state index in [1.807, 2.05) is 18.2 Å². The maximum atomic E-state index is 13.8. The van der Waals surface area contributed by atoms with Crippen LogP contribution in [0.15, 0.2) is 47.5 Å². The van der Waals surface area contributed by atoms with E-state index in [9.17, 15) is 4.39 Å². The number of hydrogen-bond acceptors (Lipinski definition) is 2. The van der Waals surface area contributed by atoms with Crippen molar-refractivity contribution in [3.8, 4) is 6.07 Å². The second-order valence-electron chi connectivity index (χ2n) is 5.32. The van der Waals surface area contributed by atoms with Gasteiger partial charge in [-0.25, -0.2) is 4.39 Å². The van der Waals surface area contributed by atoms with E-state index in [4.69, 9.17) is 5.26 Å². The van der Waals surface area contributed by atoms with Crippen LogP contribution in [0.5, 0.6) is 0 Å². The van der Waals surface area contributed by atoms with Crippen molar-refractivity contribution in [2.24, 2.45) is 4.99 Å². The van der Waals surface area contributed by atoms with Crippen molar-refractivity contribution in [2.45, 2.75) is 26.4 Å². The van der Waals surface area contributed by atoms with Crippen molar-refractivity contribution in [1.29, 1.82) is 5.26 Å². The van der Waals surface area contributed by atoms with Gasteiger partial charge in [0.15, 0.2) is 5.96 Å². The van der Waals surface area contributed by atoms with Crippen molar-refractivity contribution >= 4 is 5.96 Å². The molecule has 0 heterocycles. The van der Waals surface area contributed by atoms with Gasteiger partial charge in [0, 0.05) is 25.7 Å². The molecule has 0 aliphatic carbocycles. The Balaban J connectivity index is 1.97. The summed E-state index contributed by atoms with van der Waals surface area (Å²) in [6, 6.07) is 14.6. The number of rotatable bonds is 5. The molecule has 0 bridgehead atoms. The molecule has 0 spiro atoms. The highest BCUT2D eigenvalue weighted by Crippen LogP contribution is 2.10. The smallest absolute Gasteiger partial charge is 0.191 e. The maximum Gasteiger partial charge on any atom is 0.191 e. The topological polar surface area (TPSA) is 60.2 Å². The van der Waals surface area contributed by atoms with E-state index in [2.05, 4.69) is 34.7 Å². The standard InChI is InChI=1S/C19H21FN4/c1-3-15-6-4-5-7-16(15)12-23-19(22-2)24-13-17-10-14(11-21)8-9-18(17)20/h4-10H,3,12-13H2,1-2H3,(H2,22,23,24).